The van der Waals surface area contributed by atoms with E-state index in [0.717, 1.165) is 25.6 Å². The summed E-state index contributed by atoms with van der Waals surface area (Å²) in [5.41, 5.74) is 6.17. The first-order valence-corrected chi connectivity index (χ1v) is 5.19. The predicted octanol–water partition coefficient (Wildman–Crippen LogP) is 0.199. The Bertz CT molecular complexity index is 323. The van der Waals surface area contributed by atoms with Gasteiger partial charge in [0.25, 0.3) is 0 Å². The van der Waals surface area contributed by atoms with Crippen LogP contribution in [0.3, 0.4) is 0 Å². The third-order valence-electron chi connectivity index (χ3n) is 2.90. The van der Waals surface area contributed by atoms with Crippen molar-refractivity contribution in [2.45, 2.75) is 13.0 Å². The van der Waals surface area contributed by atoms with Gasteiger partial charge in [0.15, 0.2) is 0 Å². The van der Waals surface area contributed by atoms with Crippen molar-refractivity contribution in [1.82, 2.24) is 14.9 Å². The van der Waals surface area contributed by atoms with Gasteiger partial charge in [-0.05, 0) is 14.0 Å². The highest BCUT2D eigenvalue weighted by molar-refractivity contribution is 5.38. The Kier molecular flexibility index (Phi) is 2.73. The van der Waals surface area contributed by atoms with Gasteiger partial charge in [0.05, 0.1) is 18.1 Å². The second-order valence-corrected chi connectivity index (χ2v) is 4.09. The van der Waals surface area contributed by atoms with Crippen LogP contribution < -0.4 is 10.6 Å². The van der Waals surface area contributed by atoms with Crippen LogP contribution in [0.5, 0.6) is 0 Å². The molecular weight excluding hydrogens is 190 g/mol. The molecule has 82 valence electrons. The lowest BCUT2D eigenvalue weighted by Gasteiger charge is -2.37. The van der Waals surface area contributed by atoms with E-state index in [4.69, 9.17) is 5.73 Å². The highest BCUT2D eigenvalue weighted by atomic mass is 15.3. The molecule has 15 heavy (non-hydrogen) atoms. The first kappa shape index (κ1) is 10.2. The van der Waals surface area contributed by atoms with Gasteiger partial charge < -0.3 is 15.5 Å². The van der Waals surface area contributed by atoms with Crippen molar-refractivity contribution >= 4 is 11.6 Å². The van der Waals surface area contributed by atoms with E-state index in [-0.39, 0.29) is 0 Å². The zero-order valence-electron chi connectivity index (χ0n) is 9.22. The molecule has 0 radical (unpaired) electrons. The maximum absolute atomic E-state index is 5.55. The van der Waals surface area contributed by atoms with Gasteiger partial charge >= 0.3 is 0 Å². The van der Waals surface area contributed by atoms with Crippen molar-refractivity contribution in [1.29, 1.82) is 0 Å². The molecule has 0 saturated carbocycles. The van der Waals surface area contributed by atoms with Crippen LogP contribution >= 0.6 is 0 Å². The Morgan fingerprint density at radius 2 is 2.00 bits per heavy atom. The Hall–Kier alpha value is -1.36. The minimum absolute atomic E-state index is 0.542. The SMILES string of the molecule is CC1CN(c2ncc(N)cn2)CCN1C. The number of hydrogen-bond acceptors (Lipinski definition) is 5. The smallest absolute Gasteiger partial charge is 0.225 e. The molecule has 5 nitrogen and oxygen atoms in total. The lowest BCUT2D eigenvalue weighted by molar-refractivity contribution is 0.233. The molecule has 5 heteroatoms. The summed E-state index contributed by atoms with van der Waals surface area (Å²) in [5, 5.41) is 0. The Morgan fingerprint density at radius 1 is 1.33 bits per heavy atom. The van der Waals surface area contributed by atoms with Crippen LogP contribution in [0, 0.1) is 0 Å². The van der Waals surface area contributed by atoms with Gasteiger partial charge in [0.1, 0.15) is 0 Å². The molecule has 1 aromatic rings. The van der Waals surface area contributed by atoms with Gasteiger partial charge in [-0.25, -0.2) is 9.97 Å². The van der Waals surface area contributed by atoms with Crippen LogP contribution in [0.15, 0.2) is 12.4 Å². The molecule has 0 amide bonds. The fourth-order valence-electron chi connectivity index (χ4n) is 1.72. The molecule has 0 spiro atoms. The fourth-order valence-corrected chi connectivity index (χ4v) is 1.72. The van der Waals surface area contributed by atoms with Crippen LogP contribution in [0.2, 0.25) is 0 Å². The van der Waals surface area contributed by atoms with E-state index in [1.54, 1.807) is 12.4 Å². The average Bonchev–Trinajstić information content (AvgIpc) is 2.23. The van der Waals surface area contributed by atoms with E-state index in [2.05, 4.69) is 33.7 Å². The molecule has 1 aromatic heterocycles. The summed E-state index contributed by atoms with van der Waals surface area (Å²) in [4.78, 5) is 13.0. The molecule has 0 aliphatic carbocycles. The molecule has 1 aliphatic heterocycles. The Balaban J connectivity index is 2.08. The fraction of sp³-hybridized carbons (Fsp3) is 0.600. The van der Waals surface area contributed by atoms with E-state index in [1.807, 2.05) is 0 Å². The zero-order chi connectivity index (χ0) is 10.8. The van der Waals surface area contributed by atoms with Gasteiger partial charge in [-0.2, -0.15) is 0 Å². The Morgan fingerprint density at radius 3 is 2.60 bits per heavy atom. The number of piperazine rings is 1. The first-order chi connectivity index (χ1) is 7.16. The lowest BCUT2D eigenvalue weighted by atomic mass is 10.2. The van der Waals surface area contributed by atoms with Crippen LogP contribution in [0.4, 0.5) is 11.6 Å². The molecule has 2 rings (SSSR count). The van der Waals surface area contributed by atoms with Gasteiger partial charge in [-0.15, -0.1) is 0 Å². The number of likely N-dealkylation sites (N-methyl/N-ethyl adjacent to an activating group) is 1. The topological polar surface area (TPSA) is 58.3 Å². The summed E-state index contributed by atoms with van der Waals surface area (Å²) < 4.78 is 0. The van der Waals surface area contributed by atoms with E-state index in [1.165, 1.54) is 0 Å². The molecule has 0 bridgehead atoms. The van der Waals surface area contributed by atoms with Crippen LogP contribution in [0.25, 0.3) is 0 Å². The second kappa shape index (κ2) is 4.02. The Labute approximate surface area is 89.9 Å². The number of rotatable bonds is 1. The van der Waals surface area contributed by atoms with Crippen LogP contribution in [-0.2, 0) is 0 Å². The molecular formula is C10H17N5. The molecule has 2 heterocycles. The average molecular weight is 207 g/mol. The van der Waals surface area contributed by atoms with Crippen LogP contribution in [0.1, 0.15) is 6.92 Å². The van der Waals surface area contributed by atoms with E-state index in [0.29, 0.717) is 11.7 Å². The van der Waals surface area contributed by atoms with Crippen molar-refractivity contribution in [3.05, 3.63) is 12.4 Å². The quantitative estimate of drug-likeness (QED) is 0.713. The van der Waals surface area contributed by atoms with E-state index >= 15 is 0 Å². The van der Waals surface area contributed by atoms with Crippen molar-refractivity contribution < 1.29 is 0 Å². The highest BCUT2D eigenvalue weighted by Gasteiger charge is 2.21. The van der Waals surface area contributed by atoms with E-state index in [9.17, 15) is 0 Å². The summed E-state index contributed by atoms with van der Waals surface area (Å²) >= 11 is 0. The second-order valence-electron chi connectivity index (χ2n) is 4.09. The van der Waals surface area contributed by atoms with Crippen molar-refractivity contribution in [3.8, 4) is 0 Å². The highest BCUT2D eigenvalue weighted by Crippen LogP contribution is 2.13. The van der Waals surface area contributed by atoms with Gasteiger partial charge in [-0.3, -0.25) is 0 Å². The number of hydrogen-bond donors (Lipinski definition) is 1. The third-order valence-corrected chi connectivity index (χ3v) is 2.90. The minimum Gasteiger partial charge on any atom is -0.396 e. The largest absolute Gasteiger partial charge is 0.396 e. The molecule has 1 aliphatic rings. The maximum atomic E-state index is 5.55. The summed E-state index contributed by atoms with van der Waals surface area (Å²) in [6.07, 6.45) is 3.32. The van der Waals surface area contributed by atoms with Crippen molar-refractivity contribution in [3.63, 3.8) is 0 Å². The van der Waals surface area contributed by atoms with Crippen LogP contribution in [-0.4, -0.2) is 47.6 Å². The first-order valence-electron chi connectivity index (χ1n) is 5.19. The number of nitrogens with two attached hydrogens (primary N) is 1. The van der Waals surface area contributed by atoms with Crippen molar-refractivity contribution in [2.24, 2.45) is 0 Å². The summed E-state index contributed by atoms with van der Waals surface area (Å²) in [7, 11) is 2.14. The third kappa shape index (κ3) is 2.18. The number of nitrogens with zero attached hydrogens (tertiary/aromatic N) is 4. The van der Waals surface area contributed by atoms with Crippen molar-refractivity contribution in [2.75, 3.05) is 37.3 Å². The summed E-state index contributed by atoms with van der Waals surface area (Å²) in [6, 6.07) is 0.542. The zero-order valence-corrected chi connectivity index (χ0v) is 9.22. The molecule has 1 fully saturated rings. The normalized spacial score (nSPS) is 23.1. The number of anilines is 2. The lowest BCUT2D eigenvalue weighted by Crippen LogP contribution is -2.50. The monoisotopic (exact) mass is 207 g/mol. The molecule has 1 saturated heterocycles. The van der Waals surface area contributed by atoms with Gasteiger partial charge in [-0.1, -0.05) is 0 Å². The number of nitrogen functional groups attached to an aromatic ring is 1. The molecule has 1 unspecified atom stereocenters. The summed E-state index contributed by atoms with van der Waals surface area (Å²) in [6.45, 7) is 5.21. The van der Waals surface area contributed by atoms with Gasteiger partial charge in [0, 0.05) is 25.7 Å². The molecule has 0 aromatic carbocycles. The van der Waals surface area contributed by atoms with Gasteiger partial charge in [0.2, 0.25) is 5.95 Å². The standard InChI is InChI=1S/C10H17N5/c1-8-7-15(4-3-14(8)2)10-12-5-9(11)6-13-10/h5-6,8H,3-4,7,11H2,1-2H3. The number of aromatic nitrogens is 2. The summed E-state index contributed by atoms with van der Waals surface area (Å²) in [5.74, 6) is 0.782. The van der Waals surface area contributed by atoms with E-state index < -0.39 is 0 Å². The molecule has 1 atom stereocenters. The minimum atomic E-state index is 0.542. The maximum Gasteiger partial charge on any atom is 0.225 e. The molecule has 2 N–H and O–H groups in total. The predicted molar refractivity (Wildman–Crippen MR) is 60.7 cm³/mol.